The van der Waals surface area contributed by atoms with Gasteiger partial charge >= 0.3 is 11.9 Å². The highest BCUT2D eigenvalue weighted by atomic mass is 16.7. The molecule has 8 heteroatoms. The molecule has 1 aliphatic rings. The third kappa shape index (κ3) is 4.41. The van der Waals surface area contributed by atoms with Crippen LogP contribution in [0.3, 0.4) is 0 Å². The third-order valence-corrected chi connectivity index (χ3v) is 3.70. The molecule has 1 aliphatic heterocycles. The molecule has 1 fully saturated rings. The third-order valence-electron chi connectivity index (χ3n) is 3.70. The van der Waals surface area contributed by atoms with Crippen LogP contribution in [0.5, 0.6) is 0 Å². The number of hydrogen-bond donors (Lipinski definition) is 1. The van der Waals surface area contributed by atoms with Crippen LogP contribution >= 0.6 is 0 Å². The van der Waals surface area contributed by atoms with E-state index in [1.165, 1.54) is 14.0 Å². The van der Waals surface area contributed by atoms with Gasteiger partial charge < -0.3 is 24.1 Å². The molecule has 2 rings (SSSR count). The van der Waals surface area contributed by atoms with E-state index in [4.69, 9.17) is 18.9 Å². The zero-order chi connectivity index (χ0) is 18.6. The maximum absolute atomic E-state index is 12.4. The largest absolute Gasteiger partial charge is 0.453 e. The highest BCUT2D eigenvalue weighted by Gasteiger charge is 2.53. The zero-order valence-corrected chi connectivity index (χ0v) is 14.1. The number of Topliss-reactive ketones (excluding diaryl/α,β-unsaturated/α-hetero) is 1. The quantitative estimate of drug-likeness (QED) is 0.581. The minimum atomic E-state index is -1.59. The van der Waals surface area contributed by atoms with Crippen LogP contribution in [0.15, 0.2) is 30.3 Å². The summed E-state index contributed by atoms with van der Waals surface area (Å²) >= 11 is 0. The van der Waals surface area contributed by atoms with Crippen molar-refractivity contribution in [3.8, 4) is 0 Å². The van der Waals surface area contributed by atoms with Gasteiger partial charge in [-0.1, -0.05) is 30.3 Å². The molecule has 0 bridgehead atoms. The zero-order valence-electron chi connectivity index (χ0n) is 14.1. The van der Waals surface area contributed by atoms with Crippen LogP contribution in [0.1, 0.15) is 24.2 Å². The van der Waals surface area contributed by atoms with Gasteiger partial charge in [-0.2, -0.15) is 0 Å². The van der Waals surface area contributed by atoms with Crippen LogP contribution in [0.2, 0.25) is 0 Å². The molecule has 1 unspecified atom stereocenters. The molecule has 0 spiro atoms. The number of carbonyl (C=O) groups excluding carboxylic acids is 3. The topological polar surface area (TPSA) is 108 Å². The molecule has 0 aromatic heterocycles. The van der Waals surface area contributed by atoms with Gasteiger partial charge in [-0.3, -0.25) is 14.4 Å². The molecule has 1 N–H and O–H groups in total. The Bertz CT molecular complexity index is 629. The Balaban J connectivity index is 2.24. The Kier molecular flexibility index (Phi) is 6.24. The average molecular weight is 352 g/mol. The van der Waals surface area contributed by atoms with Gasteiger partial charge in [0.05, 0.1) is 0 Å². The van der Waals surface area contributed by atoms with E-state index in [-0.39, 0.29) is 5.56 Å². The number of rotatable bonds is 6. The van der Waals surface area contributed by atoms with Gasteiger partial charge in [0.25, 0.3) is 0 Å². The number of esters is 2. The Labute approximate surface area is 144 Å². The molecule has 25 heavy (non-hydrogen) atoms. The van der Waals surface area contributed by atoms with Gasteiger partial charge in [-0.05, 0) is 0 Å². The summed E-state index contributed by atoms with van der Waals surface area (Å²) in [6.45, 7) is 2.34. The van der Waals surface area contributed by atoms with E-state index in [0.717, 1.165) is 6.92 Å². The summed E-state index contributed by atoms with van der Waals surface area (Å²) in [5.74, 6) is -1.89. The van der Waals surface area contributed by atoms with Crippen molar-refractivity contribution >= 4 is 17.7 Å². The molecule has 0 aliphatic carbocycles. The number of benzene rings is 1. The molecule has 1 aromatic rings. The maximum Gasteiger partial charge on any atom is 0.305 e. The van der Waals surface area contributed by atoms with E-state index in [9.17, 15) is 19.5 Å². The van der Waals surface area contributed by atoms with Gasteiger partial charge in [-0.25, -0.2) is 0 Å². The SMILES string of the molecule is CO[C@H]1[C@@H](OC(C)=O)[C@H](OC(C)=O)O[C@@H]1C(O)C(=O)c1ccccc1. The smallest absolute Gasteiger partial charge is 0.305 e. The Hall–Kier alpha value is -2.29. The van der Waals surface area contributed by atoms with E-state index in [1.54, 1.807) is 30.3 Å². The van der Waals surface area contributed by atoms with Gasteiger partial charge in [0.2, 0.25) is 6.29 Å². The first kappa shape index (κ1) is 19.0. The number of ketones is 1. The Morgan fingerprint density at radius 2 is 1.64 bits per heavy atom. The van der Waals surface area contributed by atoms with Crippen molar-refractivity contribution in [1.29, 1.82) is 0 Å². The maximum atomic E-state index is 12.4. The van der Waals surface area contributed by atoms with Crippen molar-refractivity contribution in [2.75, 3.05) is 7.11 Å². The number of carbonyl (C=O) groups is 3. The fraction of sp³-hybridized carbons (Fsp3) is 0.471. The summed E-state index contributed by atoms with van der Waals surface area (Å²) in [7, 11) is 1.31. The summed E-state index contributed by atoms with van der Waals surface area (Å²) in [5, 5.41) is 10.4. The van der Waals surface area contributed by atoms with Gasteiger partial charge in [0.1, 0.15) is 18.3 Å². The second-order valence-corrected chi connectivity index (χ2v) is 5.53. The average Bonchev–Trinajstić information content (AvgIpc) is 2.90. The Morgan fingerprint density at radius 3 is 2.16 bits per heavy atom. The number of aliphatic hydroxyl groups is 1. The second kappa shape index (κ2) is 8.19. The molecule has 1 aromatic carbocycles. The monoisotopic (exact) mass is 352 g/mol. The summed E-state index contributed by atoms with van der Waals surface area (Å²) in [4.78, 5) is 35.0. The lowest BCUT2D eigenvalue weighted by molar-refractivity contribution is -0.197. The number of ether oxygens (including phenoxy) is 4. The highest BCUT2D eigenvalue weighted by Crippen LogP contribution is 2.30. The number of methoxy groups -OCH3 is 1. The predicted octanol–water partition coefficient (Wildman–Crippen LogP) is 0.465. The minimum absolute atomic E-state index is 0.286. The number of hydrogen-bond acceptors (Lipinski definition) is 8. The van der Waals surface area contributed by atoms with Crippen LogP contribution in [-0.4, -0.2) is 60.6 Å². The normalized spacial score (nSPS) is 26.7. The first-order valence-electron chi connectivity index (χ1n) is 7.65. The fourth-order valence-corrected chi connectivity index (χ4v) is 2.67. The first-order chi connectivity index (χ1) is 11.8. The summed E-state index contributed by atoms with van der Waals surface area (Å²) in [5.41, 5.74) is 0.286. The van der Waals surface area contributed by atoms with E-state index in [0.29, 0.717) is 0 Å². The van der Waals surface area contributed by atoms with Crippen molar-refractivity contribution in [2.45, 2.75) is 44.6 Å². The van der Waals surface area contributed by atoms with Crippen molar-refractivity contribution < 1.29 is 38.4 Å². The molecule has 8 nitrogen and oxygen atoms in total. The molecule has 0 radical (unpaired) electrons. The van der Waals surface area contributed by atoms with Gasteiger partial charge in [-0.15, -0.1) is 0 Å². The first-order valence-corrected chi connectivity index (χ1v) is 7.65. The van der Waals surface area contributed by atoms with Crippen molar-refractivity contribution in [3.63, 3.8) is 0 Å². The van der Waals surface area contributed by atoms with Crippen LogP contribution in [0, 0.1) is 0 Å². The lowest BCUT2D eigenvalue weighted by Gasteiger charge is -2.23. The van der Waals surface area contributed by atoms with Crippen molar-refractivity contribution in [3.05, 3.63) is 35.9 Å². The lowest BCUT2D eigenvalue weighted by Crippen LogP contribution is -2.45. The highest BCUT2D eigenvalue weighted by molar-refractivity contribution is 5.99. The van der Waals surface area contributed by atoms with Crippen LogP contribution in [0.25, 0.3) is 0 Å². The molecule has 5 atom stereocenters. The molecule has 0 amide bonds. The summed E-state index contributed by atoms with van der Waals surface area (Å²) < 4.78 is 20.8. The molecular formula is C17H20O8. The molecular weight excluding hydrogens is 332 g/mol. The van der Waals surface area contributed by atoms with E-state index >= 15 is 0 Å². The molecule has 0 saturated carbocycles. The Morgan fingerprint density at radius 1 is 1.04 bits per heavy atom. The second-order valence-electron chi connectivity index (χ2n) is 5.53. The van der Waals surface area contributed by atoms with Crippen LogP contribution < -0.4 is 0 Å². The van der Waals surface area contributed by atoms with Gasteiger partial charge in [0.15, 0.2) is 11.9 Å². The summed E-state index contributed by atoms with van der Waals surface area (Å²) in [6.07, 6.45) is -6.14. The number of aliphatic hydroxyl groups excluding tert-OH is 1. The van der Waals surface area contributed by atoms with E-state index in [1.807, 2.05) is 0 Å². The minimum Gasteiger partial charge on any atom is -0.453 e. The summed E-state index contributed by atoms with van der Waals surface area (Å²) in [6, 6.07) is 8.16. The predicted molar refractivity (Wildman–Crippen MR) is 83.6 cm³/mol. The van der Waals surface area contributed by atoms with E-state index in [2.05, 4.69) is 0 Å². The molecule has 136 valence electrons. The van der Waals surface area contributed by atoms with Crippen molar-refractivity contribution in [2.24, 2.45) is 0 Å². The van der Waals surface area contributed by atoms with Gasteiger partial charge in [0, 0.05) is 26.5 Å². The van der Waals surface area contributed by atoms with E-state index < -0.39 is 48.4 Å². The fourth-order valence-electron chi connectivity index (χ4n) is 2.67. The van der Waals surface area contributed by atoms with Crippen LogP contribution in [0.4, 0.5) is 0 Å². The van der Waals surface area contributed by atoms with Crippen molar-refractivity contribution in [1.82, 2.24) is 0 Å². The lowest BCUT2D eigenvalue weighted by atomic mass is 9.98. The molecule has 1 saturated heterocycles. The molecule has 1 heterocycles. The standard InChI is InChI=1S/C17H20O8/c1-9(18)23-16-15(22-3)14(25-17(16)24-10(2)19)13(21)12(20)11-7-5-4-6-8-11/h4-8,13-17,21H,1-3H3/t13?,14-,15-,16-,17-/m1/s1. The van der Waals surface area contributed by atoms with Crippen LogP contribution in [-0.2, 0) is 28.5 Å².